The SMILES string of the molecule is CC(C)CCc1cc(CCC(C)C)c(S(=O)(=O)O)c(CCC(C)C)c1. The van der Waals surface area contributed by atoms with Crippen molar-refractivity contribution in [1.82, 2.24) is 0 Å². The average Bonchev–Trinajstić information content (AvgIpc) is 2.47. The average molecular weight is 369 g/mol. The van der Waals surface area contributed by atoms with E-state index >= 15 is 0 Å². The molecule has 0 aliphatic rings. The van der Waals surface area contributed by atoms with Crippen molar-refractivity contribution >= 4 is 10.1 Å². The molecule has 4 heteroatoms. The zero-order chi connectivity index (χ0) is 19.2. The number of rotatable bonds is 10. The van der Waals surface area contributed by atoms with E-state index < -0.39 is 10.1 Å². The van der Waals surface area contributed by atoms with Crippen LogP contribution in [-0.4, -0.2) is 13.0 Å². The number of aryl methyl sites for hydroxylation is 3. The molecule has 0 saturated carbocycles. The van der Waals surface area contributed by atoms with E-state index in [2.05, 4.69) is 41.5 Å². The smallest absolute Gasteiger partial charge is 0.282 e. The lowest BCUT2D eigenvalue weighted by atomic mass is 9.93. The van der Waals surface area contributed by atoms with Crippen molar-refractivity contribution < 1.29 is 13.0 Å². The van der Waals surface area contributed by atoms with Crippen molar-refractivity contribution in [1.29, 1.82) is 0 Å². The minimum atomic E-state index is -4.21. The van der Waals surface area contributed by atoms with Crippen molar-refractivity contribution in [3.63, 3.8) is 0 Å². The lowest BCUT2D eigenvalue weighted by Gasteiger charge is -2.17. The summed E-state index contributed by atoms with van der Waals surface area (Å²) in [6, 6.07) is 4.01. The first-order valence-corrected chi connectivity index (χ1v) is 11.1. The Bertz CT molecular complexity index is 610. The van der Waals surface area contributed by atoms with Gasteiger partial charge in [0.15, 0.2) is 0 Å². The molecule has 144 valence electrons. The molecule has 1 aromatic carbocycles. The van der Waals surface area contributed by atoms with Crippen LogP contribution in [0.5, 0.6) is 0 Å². The highest BCUT2D eigenvalue weighted by atomic mass is 32.2. The summed E-state index contributed by atoms with van der Waals surface area (Å²) in [4.78, 5) is 0.169. The Kier molecular flexibility index (Phi) is 8.62. The van der Waals surface area contributed by atoms with Gasteiger partial charge in [-0.25, -0.2) is 0 Å². The second-order valence-corrected chi connectivity index (χ2v) is 9.87. The van der Waals surface area contributed by atoms with Gasteiger partial charge in [-0.15, -0.1) is 0 Å². The Morgan fingerprint density at radius 1 is 0.760 bits per heavy atom. The monoisotopic (exact) mass is 368 g/mol. The van der Waals surface area contributed by atoms with E-state index in [9.17, 15) is 13.0 Å². The van der Waals surface area contributed by atoms with E-state index in [1.165, 1.54) is 5.56 Å². The molecule has 1 aromatic rings. The summed E-state index contributed by atoms with van der Waals surface area (Å²) in [5.74, 6) is 1.60. The van der Waals surface area contributed by atoms with Crippen LogP contribution >= 0.6 is 0 Å². The van der Waals surface area contributed by atoms with Gasteiger partial charge in [0.2, 0.25) is 0 Å². The molecule has 0 unspecified atom stereocenters. The van der Waals surface area contributed by atoms with Gasteiger partial charge in [0, 0.05) is 0 Å². The third kappa shape index (κ3) is 7.91. The van der Waals surface area contributed by atoms with E-state index in [1.807, 2.05) is 12.1 Å². The van der Waals surface area contributed by atoms with Gasteiger partial charge in [0.25, 0.3) is 10.1 Å². The second kappa shape index (κ2) is 9.72. The number of benzene rings is 1. The van der Waals surface area contributed by atoms with Crippen LogP contribution in [0.25, 0.3) is 0 Å². The highest BCUT2D eigenvalue weighted by Gasteiger charge is 2.22. The van der Waals surface area contributed by atoms with Crippen LogP contribution in [0.2, 0.25) is 0 Å². The molecule has 0 saturated heterocycles. The molecule has 0 amide bonds. The Labute approximate surface area is 155 Å². The van der Waals surface area contributed by atoms with Gasteiger partial charge in [-0.05, 0) is 73.0 Å². The summed E-state index contributed by atoms with van der Waals surface area (Å²) in [5.41, 5.74) is 2.77. The van der Waals surface area contributed by atoms with E-state index in [4.69, 9.17) is 0 Å². The van der Waals surface area contributed by atoms with Crippen LogP contribution in [0.15, 0.2) is 17.0 Å². The Morgan fingerprint density at radius 3 is 1.44 bits per heavy atom. The maximum absolute atomic E-state index is 12.1. The molecule has 0 fully saturated rings. The standard InChI is InChI=1S/C21H36O3S/c1-15(2)7-10-18-13-19(11-8-16(3)4)21(25(22,23)24)20(14-18)12-9-17(5)6/h13-17H,7-12H2,1-6H3,(H,22,23,24). The molecule has 3 nitrogen and oxygen atoms in total. The lowest BCUT2D eigenvalue weighted by molar-refractivity contribution is 0.478. The van der Waals surface area contributed by atoms with Crippen LogP contribution in [0.4, 0.5) is 0 Å². The second-order valence-electron chi connectivity index (χ2n) is 8.52. The normalized spacial score (nSPS) is 12.6. The maximum Gasteiger partial charge on any atom is 0.295 e. The maximum atomic E-state index is 12.1. The first-order chi connectivity index (χ1) is 11.5. The van der Waals surface area contributed by atoms with Gasteiger partial charge >= 0.3 is 0 Å². The lowest BCUT2D eigenvalue weighted by Crippen LogP contribution is -2.11. The molecule has 0 spiro atoms. The van der Waals surface area contributed by atoms with E-state index in [0.29, 0.717) is 30.6 Å². The Hall–Kier alpha value is -0.870. The van der Waals surface area contributed by atoms with Gasteiger partial charge in [-0.2, -0.15) is 8.42 Å². The summed E-state index contributed by atoms with van der Waals surface area (Å²) in [6.07, 6.45) is 5.25. The minimum absolute atomic E-state index is 0.169. The van der Waals surface area contributed by atoms with Gasteiger partial charge < -0.3 is 0 Å². The molecule has 0 bridgehead atoms. The van der Waals surface area contributed by atoms with Crippen LogP contribution in [-0.2, 0) is 29.4 Å². The number of hydrogen-bond acceptors (Lipinski definition) is 2. The van der Waals surface area contributed by atoms with Crippen LogP contribution in [0, 0.1) is 17.8 Å². The van der Waals surface area contributed by atoms with Crippen molar-refractivity contribution in [3.05, 3.63) is 28.8 Å². The summed E-state index contributed by atoms with van der Waals surface area (Å²) in [5, 5.41) is 0. The fourth-order valence-electron chi connectivity index (χ4n) is 3.02. The van der Waals surface area contributed by atoms with Crippen LogP contribution in [0.1, 0.15) is 77.5 Å². The van der Waals surface area contributed by atoms with Crippen molar-refractivity contribution in [2.75, 3.05) is 0 Å². The zero-order valence-corrected chi connectivity index (χ0v) is 17.6. The summed E-state index contributed by atoms with van der Waals surface area (Å²) < 4.78 is 34.1. The zero-order valence-electron chi connectivity index (χ0n) is 16.8. The Morgan fingerprint density at radius 2 is 1.12 bits per heavy atom. The van der Waals surface area contributed by atoms with Gasteiger partial charge in [-0.1, -0.05) is 53.7 Å². The van der Waals surface area contributed by atoms with Crippen molar-refractivity contribution in [2.45, 2.75) is 85.0 Å². The summed E-state index contributed by atoms with van der Waals surface area (Å²) in [7, 11) is -4.21. The third-order valence-corrected chi connectivity index (χ3v) is 5.59. The fraction of sp³-hybridized carbons (Fsp3) is 0.714. The molecule has 0 aliphatic carbocycles. The highest BCUT2D eigenvalue weighted by Crippen LogP contribution is 2.28. The molecule has 0 atom stereocenters. The summed E-state index contributed by atoms with van der Waals surface area (Å²) >= 11 is 0. The van der Waals surface area contributed by atoms with Crippen LogP contribution in [0.3, 0.4) is 0 Å². The first-order valence-electron chi connectivity index (χ1n) is 9.62. The van der Waals surface area contributed by atoms with Gasteiger partial charge in [0.05, 0.1) is 0 Å². The molecule has 0 heterocycles. The molecule has 0 aliphatic heterocycles. The van der Waals surface area contributed by atoms with Gasteiger partial charge in [0.1, 0.15) is 4.90 Å². The Balaban J connectivity index is 3.35. The first kappa shape index (κ1) is 22.2. The molecule has 0 radical (unpaired) electrons. The molecular weight excluding hydrogens is 332 g/mol. The molecule has 1 N–H and O–H groups in total. The van der Waals surface area contributed by atoms with E-state index in [1.54, 1.807) is 0 Å². The highest BCUT2D eigenvalue weighted by molar-refractivity contribution is 7.86. The topological polar surface area (TPSA) is 54.4 Å². The fourth-order valence-corrected chi connectivity index (χ4v) is 4.00. The predicted molar refractivity (Wildman–Crippen MR) is 106 cm³/mol. The van der Waals surface area contributed by atoms with Gasteiger partial charge in [-0.3, -0.25) is 4.55 Å². The minimum Gasteiger partial charge on any atom is -0.282 e. The molecule has 0 aromatic heterocycles. The largest absolute Gasteiger partial charge is 0.295 e. The summed E-state index contributed by atoms with van der Waals surface area (Å²) in [6.45, 7) is 12.9. The van der Waals surface area contributed by atoms with E-state index in [-0.39, 0.29) is 4.90 Å². The molecule has 1 rings (SSSR count). The van der Waals surface area contributed by atoms with Crippen LogP contribution < -0.4 is 0 Å². The van der Waals surface area contributed by atoms with Crippen molar-refractivity contribution in [2.24, 2.45) is 17.8 Å². The quantitative estimate of drug-likeness (QED) is 0.539. The molecular formula is C21H36O3S. The van der Waals surface area contributed by atoms with Crippen molar-refractivity contribution in [3.8, 4) is 0 Å². The molecule has 25 heavy (non-hydrogen) atoms. The third-order valence-electron chi connectivity index (χ3n) is 4.55. The predicted octanol–water partition coefficient (Wildman–Crippen LogP) is 5.70. The van der Waals surface area contributed by atoms with E-state index in [0.717, 1.165) is 36.8 Å². The number of hydrogen-bond donors (Lipinski definition) is 1.